The van der Waals surface area contributed by atoms with Crippen LogP contribution in [0.25, 0.3) is 0 Å². The fourth-order valence-corrected chi connectivity index (χ4v) is 1.91. The monoisotopic (exact) mass is 275 g/mol. The molecule has 0 aliphatic rings. The molecule has 0 radical (unpaired) electrons. The Labute approximate surface area is 109 Å². The minimum atomic E-state index is -0.738. The van der Waals surface area contributed by atoms with Crippen molar-refractivity contribution in [2.24, 2.45) is 0 Å². The molecule has 0 aliphatic carbocycles. The lowest BCUT2D eigenvalue weighted by atomic mass is 10.3. The predicted molar refractivity (Wildman–Crippen MR) is 67.3 cm³/mol. The van der Waals surface area contributed by atoms with Crippen LogP contribution >= 0.6 is 22.9 Å². The first kappa shape index (κ1) is 13.9. The van der Waals surface area contributed by atoms with Gasteiger partial charge in [-0.25, -0.2) is 9.78 Å². The quantitative estimate of drug-likeness (QED) is 0.829. The third-order valence-corrected chi connectivity index (χ3v) is 3.25. The predicted octanol–water partition coefficient (Wildman–Crippen LogP) is 1.97. The molecule has 94 valence electrons. The Balaban J connectivity index is 2.49. The van der Waals surface area contributed by atoms with Crippen molar-refractivity contribution in [2.45, 2.75) is 32.2 Å². The number of carbonyl (C=O) groups is 2. The third-order valence-electron chi connectivity index (χ3n) is 1.96. The number of aryl methyl sites for hydroxylation is 1. The Morgan fingerprint density at radius 3 is 2.59 bits per heavy atom. The summed E-state index contributed by atoms with van der Waals surface area (Å²) in [5.41, 5.74) is 0. The molecule has 1 heterocycles. The minimum Gasteiger partial charge on any atom is -0.329 e. The van der Waals surface area contributed by atoms with Gasteiger partial charge in [0.15, 0.2) is 0 Å². The number of thiazole rings is 1. The summed E-state index contributed by atoms with van der Waals surface area (Å²) in [6.45, 7) is 5.23. The van der Waals surface area contributed by atoms with Gasteiger partial charge in [0.25, 0.3) is 0 Å². The largest absolute Gasteiger partial charge is 0.329 e. The summed E-state index contributed by atoms with van der Waals surface area (Å²) in [7, 11) is 0. The zero-order valence-corrected chi connectivity index (χ0v) is 11.4. The van der Waals surface area contributed by atoms with Crippen molar-refractivity contribution in [3.05, 3.63) is 16.1 Å². The number of alkyl halides is 1. The van der Waals surface area contributed by atoms with Crippen LogP contribution < -0.4 is 10.6 Å². The molecule has 3 amide bonds. The number of amides is 3. The molecule has 17 heavy (non-hydrogen) atoms. The summed E-state index contributed by atoms with van der Waals surface area (Å²) in [6.07, 6.45) is 1.74. The maximum atomic E-state index is 11.4. The summed E-state index contributed by atoms with van der Waals surface area (Å²) in [6, 6.07) is -0.810. The maximum absolute atomic E-state index is 11.4. The van der Waals surface area contributed by atoms with E-state index in [1.165, 1.54) is 18.3 Å². The van der Waals surface area contributed by atoms with Crippen molar-refractivity contribution >= 4 is 34.9 Å². The number of nitrogens with zero attached hydrogens (tertiary/aromatic N) is 1. The summed E-state index contributed by atoms with van der Waals surface area (Å²) < 4.78 is 0. The number of nitrogens with one attached hydrogen (secondary N) is 2. The van der Waals surface area contributed by atoms with Crippen LogP contribution in [0.15, 0.2) is 6.20 Å². The van der Waals surface area contributed by atoms with Gasteiger partial charge in [-0.3, -0.25) is 10.1 Å². The van der Waals surface area contributed by atoms with E-state index in [4.69, 9.17) is 11.6 Å². The van der Waals surface area contributed by atoms with E-state index in [0.29, 0.717) is 0 Å². The van der Waals surface area contributed by atoms with Gasteiger partial charge in [-0.2, -0.15) is 0 Å². The van der Waals surface area contributed by atoms with Crippen LogP contribution in [-0.4, -0.2) is 22.3 Å². The SMILES string of the molecule is Cc1cnc(C(C)NC(=O)NC(=O)C(C)Cl)s1. The lowest BCUT2D eigenvalue weighted by Gasteiger charge is -2.12. The van der Waals surface area contributed by atoms with Crippen molar-refractivity contribution in [1.29, 1.82) is 0 Å². The highest BCUT2D eigenvalue weighted by Gasteiger charge is 2.16. The maximum Gasteiger partial charge on any atom is 0.322 e. The second-order valence-corrected chi connectivity index (χ2v) is 5.53. The molecular formula is C10H14ClN3O2S. The summed E-state index contributed by atoms with van der Waals surface area (Å²) in [5, 5.41) is 4.81. The summed E-state index contributed by atoms with van der Waals surface area (Å²) in [5.74, 6) is -0.522. The van der Waals surface area contributed by atoms with Crippen molar-refractivity contribution < 1.29 is 9.59 Å². The second-order valence-electron chi connectivity index (χ2n) is 3.61. The van der Waals surface area contributed by atoms with Crippen LogP contribution in [0.3, 0.4) is 0 Å². The van der Waals surface area contributed by atoms with Crippen LogP contribution in [0.4, 0.5) is 4.79 Å². The lowest BCUT2D eigenvalue weighted by molar-refractivity contribution is -0.119. The first-order valence-corrected chi connectivity index (χ1v) is 6.33. The van der Waals surface area contributed by atoms with Gasteiger partial charge in [0.2, 0.25) is 5.91 Å². The van der Waals surface area contributed by atoms with Crippen molar-refractivity contribution in [2.75, 3.05) is 0 Å². The van der Waals surface area contributed by atoms with Gasteiger partial charge in [-0.15, -0.1) is 22.9 Å². The Bertz CT molecular complexity index is 419. The third kappa shape index (κ3) is 4.32. The lowest BCUT2D eigenvalue weighted by Crippen LogP contribution is -2.43. The number of rotatable bonds is 3. The standard InChI is InChI=1S/C10H14ClN3O2S/c1-5-4-12-9(17-5)7(3)13-10(16)14-8(15)6(2)11/h4,6-7H,1-3H3,(H2,13,14,15,16). The molecule has 1 rings (SSSR count). The zero-order valence-electron chi connectivity index (χ0n) is 9.78. The van der Waals surface area contributed by atoms with Crippen molar-refractivity contribution in [3.63, 3.8) is 0 Å². The van der Waals surface area contributed by atoms with Crippen LogP contribution in [0.1, 0.15) is 29.8 Å². The Morgan fingerprint density at radius 1 is 1.47 bits per heavy atom. The van der Waals surface area contributed by atoms with E-state index in [9.17, 15) is 9.59 Å². The Hall–Kier alpha value is -1.14. The zero-order chi connectivity index (χ0) is 13.0. The molecular weight excluding hydrogens is 262 g/mol. The first-order valence-electron chi connectivity index (χ1n) is 5.08. The highest BCUT2D eigenvalue weighted by molar-refractivity contribution is 7.11. The molecule has 2 atom stereocenters. The fourth-order valence-electron chi connectivity index (χ4n) is 1.08. The van der Waals surface area contributed by atoms with Gasteiger partial charge in [0.1, 0.15) is 10.4 Å². The molecule has 7 heteroatoms. The second kappa shape index (κ2) is 5.97. The van der Waals surface area contributed by atoms with Crippen LogP contribution in [0.2, 0.25) is 0 Å². The normalized spacial score (nSPS) is 13.9. The van der Waals surface area contributed by atoms with E-state index in [1.807, 2.05) is 6.92 Å². The molecule has 0 aliphatic heterocycles. The molecule has 1 aromatic rings. The van der Waals surface area contributed by atoms with E-state index in [1.54, 1.807) is 13.1 Å². The summed E-state index contributed by atoms with van der Waals surface area (Å²) >= 11 is 7.03. The number of imide groups is 1. The molecule has 2 unspecified atom stereocenters. The van der Waals surface area contributed by atoms with Gasteiger partial charge in [0.05, 0.1) is 6.04 Å². The number of hydrogen-bond acceptors (Lipinski definition) is 4. The molecule has 0 saturated carbocycles. The van der Waals surface area contributed by atoms with Gasteiger partial charge >= 0.3 is 6.03 Å². The highest BCUT2D eigenvalue weighted by Crippen LogP contribution is 2.18. The number of aromatic nitrogens is 1. The molecule has 0 saturated heterocycles. The molecule has 2 N–H and O–H groups in total. The van der Waals surface area contributed by atoms with E-state index in [0.717, 1.165) is 9.88 Å². The number of urea groups is 1. The van der Waals surface area contributed by atoms with E-state index in [2.05, 4.69) is 15.6 Å². The fraction of sp³-hybridized carbons (Fsp3) is 0.500. The molecule has 0 bridgehead atoms. The number of hydrogen-bond donors (Lipinski definition) is 2. The van der Waals surface area contributed by atoms with Gasteiger partial charge in [-0.1, -0.05) is 0 Å². The minimum absolute atomic E-state index is 0.243. The van der Waals surface area contributed by atoms with Gasteiger partial charge in [0, 0.05) is 11.1 Å². The molecule has 1 aromatic heterocycles. The van der Waals surface area contributed by atoms with Crippen molar-refractivity contribution in [3.8, 4) is 0 Å². The number of carbonyl (C=O) groups excluding carboxylic acids is 2. The van der Waals surface area contributed by atoms with E-state index < -0.39 is 17.3 Å². The first-order chi connectivity index (χ1) is 7.90. The van der Waals surface area contributed by atoms with Crippen LogP contribution in [0, 0.1) is 6.92 Å². The Morgan fingerprint density at radius 2 is 2.12 bits per heavy atom. The smallest absolute Gasteiger partial charge is 0.322 e. The van der Waals surface area contributed by atoms with E-state index >= 15 is 0 Å². The van der Waals surface area contributed by atoms with Crippen LogP contribution in [-0.2, 0) is 4.79 Å². The van der Waals surface area contributed by atoms with Gasteiger partial charge in [-0.05, 0) is 20.8 Å². The molecule has 0 fully saturated rings. The van der Waals surface area contributed by atoms with Gasteiger partial charge < -0.3 is 5.32 Å². The molecule has 5 nitrogen and oxygen atoms in total. The van der Waals surface area contributed by atoms with E-state index in [-0.39, 0.29) is 6.04 Å². The summed E-state index contributed by atoms with van der Waals surface area (Å²) in [4.78, 5) is 27.8. The molecule has 0 aromatic carbocycles. The highest BCUT2D eigenvalue weighted by atomic mass is 35.5. The average Bonchev–Trinajstić information content (AvgIpc) is 2.64. The molecule has 0 spiro atoms. The Kier molecular flexibility index (Phi) is 4.89. The van der Waals surface area contributed by atoms with Crippen molar-refractivity contribution in [1.82, 2.24) is 15.6 Å². The topological polar surface area (TPSA) is 71.1 Å². The average molecular weight is 276 g/mol. The number of halogens is 1. The van der Waals surface area contributed by atoms with Crippen LogP contribution in [0.5, 0.6) is 0 Å².